The Morgan fingerprint density at radius 2 is 2.13 bits per heavy atom. The van der Waals surface area contributed by atoms with E-state index in [-0.39, 0.29) is 12.1 Å². The molecule has 0 unspecified atom stereocenters. The summed E-state index contributed by atoms with van der Waals surface area (Å²) in [6, 6.07) is 3.29. The van der Waals surface area contributed by atoms with Crippen molar-refractivity contribution in [3.05, 3.63) is 47.4 Å². The third kappa shape index (κ3) is 3.61. The molecule has 0 spiro atoms. The molecule has 0 saturated carbocycles. The molecule has 1 fully saturated rings. The molecular formula is C16H18FN5O. The van der Waals surface area contributed by atoms with Crippen LogP contribution in [0.5, 0.6) is 0 Å². The molecule has 1 saturated heterocycles. The number of anilines is 1. The van der Waals surface area contributed by atoms with Crippen LogP contribution in [0, 0.1) is 12.7 Å². The second kappa shape index (κ2) is 6.68. The van der Waals surface area contributed by atoms with Gasteiger partial charge in [0.05, 0.1) is 18.3 Å². The van der Waals surface area contributed by atoms with Gasteiger partial charge in [0, 0.05) is 31.0 Å². The summed E-state index contributed by atoms with van der Waals surface area (Å²) < 4.78 is 13.5. The third-order valence-corrected chi connectivity index (χ3v) is 3.74. The molecule has 0 bridgehead atoms. The Bertz CT molecular complexity index is 715. The van der Waals surface area contributed by atoms with E-state index in [1.54, 1.807) is 0 Å². The first-order valence-electron chi connectivity index (χ1n) is 7.61. The van der Waals surface area contributed by atoms with Gasteiger partial charge in [-0.05, 0) is 25.8 Å². The molecule has 0 aliphatic carbocycles. The lowest BCUT2D eigenvalue weighted by Crippen LogP contribution is -2.26. The number of nitrogens with one attached hydrogen (secondary N) is 1. The van der Waals surface area contributed by atoms with Crippen LogP contribution >= 0.6 is 0 Å². The molecule has 120 valence electrons. The molecule has 23 heavy (non-hydrogen) atoms. The zero-order valence-electron chi connectivity index (χ0n) is 12.9. The number of carbonyl (C=O) groups excluding carboxylic acids is 1. The number of pyridine rings is 1. The van der Waals surface area contributed by atoms with Crippen molar-refractivity contribution in [2.45, 2.75) is 26.3 Å². The number of aromatic nitrogens is 3. The Morgan fingerprint density at radius 1 is 1.35 bits per heavy atom. The minimum atomic E-state index is -0.645. The van der Waals surface area contributed by atoms with Crippen molar-refractivity contribution in [3.63, 3.8) is 0 Å². The number of rotatable bonds is 4. The molecule has 2 aromatic heterocycles. The fourth-order valence-electron chi connectivity index (χ4n) is 2.61. The maximum absolute atomic E-state index is 13.5. The second-order valence-corrected chi connectivity index (χ2v) is 5.52. The lowest BCUT2D eigenvalue weighted by Gasteiger charge is -2.17. The van der Waals surface area contributed by atoms with Gasteiger partial charge in [-0.15, -0.1) is 0 Å². The fourth-order valence-corrected chi connectivity index (χ4v) is 2.61. The van der Waals surface area contributed by atoms with Gasteiger partial charge < -0.3 is 10.2 Å². The van der Waals surface area contributed by atoms with Gasteiger partial charge in [-0.2, -0.15) is 0 Å². The van der Waals surface area contributed by atoms with Gasteiger partial charge in [0.1, 0.15) is 11.6 Å². The summed E-state index contributed by atoms with van der Waals surface area (Å²) in [5, 5.41) is 2.65. The number of aryl methyl sites for hydroxylation is 1. The average molecular weight is 315 g/mol. The maximum Gasteiger partial charge on any atom is 0.254 e. The topological polar surface area (TPSA) is 71.0 Å². The van der Waals surface area contributed by atoms with Crippen molar-refractivity contribution in [1.82, 2.24) is 20.3 Å². The summed E-state index contributed by atoms with van der Waals surface area (Å²) in [5.74, 6) is 0.259. The Balaban J connectivity index is 1.70. The van der Waals surface area contributed by atoms with Crippen LogP contribution in [0.15, 0.2) is 24.5 Å². The minimum Gasteiger partial charge on any atom is -0.357 e. The van der Waals surface area contributed by atoms with Crippen LogP contribution < -0.4 is 10.2 Å². The second-order valence-electron chi connectivity index (χ2n) is 5.52. The minimum absolute atomic E-state index is 0.0348. The summed E-state index contributed by atoms with van der Waals surface area (Å²) in [6.07, 6.45) is 4.73. The predicted molar refractivity (Wildman–Crippen MR) is 83.6 cm³/mol. The van der Waals surface area contributed by atoms with Crippen LogP contribution in [0.25, 0.3) is 0 Å². The van der Waals surface area contributed by atoms with Crippen molar-refractivity contribution in [2.24, 2.45) is 0 Å². The van der Waals surface area contributed by atoms with Crippen LogP contribution in [0.4, 0.5) is 10.2 Å². The largest absolute Gasteiger partial charge is 0.357 e. The number of carbonyl (C=O) groups is 1. The Labute approximate surface area is 133 Å². The van der Waals surface area contributed by atoms with E-state index in [9.17, 15) is 9.18 Å². The third-order valence-electron chi connectivity index (χ3n) is 3.74. The molecular weight excluding hydrogens is 297 g/mol. The predicted octanol–water partition coefficient (Wildman–Crippen LogP) is 1.85. The highest BCUT2D eigenvalue weighted by molar-refractivity contribution is 5.94. The Hall–Kier alpha value is -2.57. The lowest BCUT2D eigenvalue weighted by molar-refractivity contribution is 0.0945. The molecule has 1 aliphatic heterocycles. The summed E-state index contributed by atoms with van der Waals surface area (Å²) in [4.78, 5) is 26.7. The molecule has 1 N–H and O–H groups in total. The quantitative estimate of drug-likeness (QED) is 0.932. The summed E-state index contributed by atoms with van der Waals surface area (Å²) >= 11 is 0. The molecule has 1 amide bonds. The molecule has 1 aliphatic rings. The first-order chi connectivity index (χ1) is 11.1. The van der Waals surface area contributed by atoms with Crippen molar-refractivity contribution in [3.8, 4) is 0 Å². The molecule has 0 atom stereocenters. The summed E-state index contributed by atoms with van der Waals surface area (Å²) in [5.41, 5.74) is 0.814. The number of amides is 1. The van der Waals surface area contributed by atoms with Gasteiger partial charge in [-0.3, -0.25) is 9.78 Å². The van der Waals surface area contributed by atoms with E-state index >= 15 is 0 Å². The summed E-state index contributed by atoms with van der Waals surface area (Å²) in [6.45, 7) is 4.03. The Morgan fingerprint density at radius 3 is 2.87 bits per heavy atom. The molecule has 3 heterocycles. The lowest BCUT2D eigenvalue weighted by atomic mass is 10.2. The van der Waals surface area contributed by atoms with E-state index < -0.39 is 11.7 Å². The standard InChI is InChI=1S/C16H18FN5O/c1-11-8-15(22-6-2-3-7-22)21-14(20-11)10-19-16(23)12-4-5-18-9-13(12)17/h4-5,8-9H,2-3,6-7,10H2,1H3,(H,19,23). The van der Waals surface area contributed by atoms with Crippen molar-refractivity contribution in [1.29, 1.82) is 0 Å². The highest BCUT2D eigenvalue weighted by Gasteiger charge is 2.16. The van der Waals surface area contributed by atoms with Gasteiger partial charge >= 0.3 is 0 Å². The number of hydrogen-bond acceptors (Lipinski definition) is 5. The van der Waals surface area contributed by atoms with E-state index in [1.165, 1.54) is 12.3 Å². The monoisotopic (exact) mass is 315 g/mol. The van der Waals surface area contributed by atoms with Gasteiger partial charge in [0.2, 0.25) is 0 Å². The van der Waals surface area contributed by atoms with E-state index in [0.29, 0.717) is 5.82 Å². The fraction of sp³-hybridized carbons (Fsp3) is 0.375. The van der Waals surface area contributed by atoms with Crippen LogP contribution in [0.1, 0.15) is 34.7 Å². The van der Waals surface area contributed by atoms with Gasteiger partial charge in [-0.25, -0.2) is 14.4 Å². The smallest absolute Gasteiger partial charge is 0.254 e. The number of nitrogens with zero attached hydrogens (tertiary/aromatic N) is 4. The molecule has 7 heteroatoms. The van der Waals surface area contributed by atoms with Crippen LogP contribution in [-0.2, 0) is 6.54 Å². The number of halogens is 1. The van der Waals surface area contributed by atoms with Crippen LogP contribution in [0.2, 0.25) is 0 Å². The van der Waals surface area contributed by atoms with E-state index in [0.717, 1.165) is 43.6 Å². The molecule has 6 nitrogen and oxygen atoms in total. The van der Waals surface area contributed by atoms with Crippen LogP contribution in [-0.4, -0.2) is 33.9 Å². The van der Waals surface area contributed by atoms with E-state index in [1.807, 2.05) is 13.0 Å². The SMILES string of the molecule is Cc1cc(N2CCCC2)nc(CNC(=O)c2ccncc2F)n1. The van der Waals surface area contributed by atoms with E-state index in [2.05, 4.69) is 25.2 Å². The Kier molecular flexibility index (Phi) is 4.45. The van der Waals surface area contributed by atoms with E-state index in [4.69, 9.17) is 0 Å². The molecule has 3 rings (SSSR count). The molecule has 0 aromatic carbocycles. The molecule has 0 radical (unpaired) electrons. The number of hydrogen-bond donors (Lipinski definition) is 1. The highest BCUT2D eigenvalue weighted by Crippen LogP contribution is 2.18. The van der Waals surface area contributed by atoms with Crippen LogP contribution in [0.3, 0.4) is 0 Å². The first kappa shape index (κ1) is 15.3. The molecule has 2 aromatic rings. The normalized spacial score (nSPS) is 14.1. The average Bonchev–Trinajstić information content (AvgIpc) is 3.07. The zero-order chi connectivity index (χ0) is 16.2. The highest BCUT2D eigenvalue weighted by atomic mass is 19.1. The first-order valence-corrected chi connectivity index (χ1v) is 7.61. The van der Waals surface area contributed by atoms with Crippen molar-refractivity contribution >= 4 is 11.7 Å². The van der Waals surface area contributed by atoms with Gasteiger partial charge in [-0.1, -0.05) is 0 Å². The maximum atomic E-state index is 13.5. The van der Waals surface area contributed by atoms with Gasteiger partial charge in [0.15, 0.2) is 5.82 Å². The summed E-state index contributed by atoms with van der Waals surface area (Å²) in [7, 11) is 0. The zero-order valence-corrected chi connectivity index (χ0v) is 12.9. The van der Waals surface area contributed by atoms with Crippen molar-refractivity contribution in [2.75, 3.05) is 18.0 Å². The van der Waals surface area contributed by atoms with Gasteiger partial charge in [0.25, 0.3) is 5.91 Å². The van der Waals surface area contributed by atoms with Crippen molar-refractivity contribution < 1.29 is 9.18 Å².